The molecule has 0 spiro atoms. The molecule has 0 aromatic carbocycles. The number of aldehydes is 1. The Bertz CT molecular complexity index is 636. The number of carbonyl (C=O) groups excluding carboxylic acids is 2. The number of hydrogen-bond acceptors (Lipinski definition) is 3. The van der Waals surface area contributed by atoms with Crippen LogP contribution in [0.15, 0.2) is 12.3 Å². The van der Waals surface area contributed by atoms with Crippen molar-refractivity contribution in [3.63, 3.8) is 0 Å². The van der Waals surface area contributed by atoms with E-state index in [2.05, 4.69) is 40.0 Å². The Kier molecular flexibility index (Phi) is 25.6. The van der Waals surface area contributed by atoms with E-state index < -0.39 is 24.0 Å². The molecule has 0 N–H and O–H groups in total. The minimum absolute atomic E-state index is 0.0202. The van der Waals surface area contributed by atoms with E-state index in [1.807, 2.05) is 25.7 Å². The van der Waals surface area contributed by atoms with Crippen molar-refractivity contribution in [1.82, 2.24) is 4.90 Å². The van der Waals surface area contributed by atoms with Crippen LogP contribution >= 0.6 is 0 Å². The van der Waals surface area contributed by atoms with Crippen LogP contribution in [0.3, 0.4) is 0 Å². The summed E-state index contributed by atoms with van der Waals surface area (Å²) in [4.78, 5) is 26.7. The van der Waals surface area contributed by atoms with Gasteiger partial charge in [0, 0.05) is 0 Å². The van der Waals surface area contributed by atoms with E-state index in [4.69, 9.17) is 4.74 Å². The standard InChI is InChI=1S/C24H44NO3.3C4H9.Sn/c1-6-8-9-10-11-12-13-14-15-16-18-22(19-17-21-26)25(20-7-2)23(27)28-24(3,4)5;3*1-3-4-2;/h7,20-22H,2,6,8-19H2,1,3-5H3;3*1,3-4H2,2H3;/b20-7-;;;;/t22-;;;;/m1..../s1. The maximum absolute atomic E-state index is 13.5. The van der Waals surface area contributed by atoms with Crippen LogP contribution in [-0.2, 0) is 9.53 Å². The minimum atomic E-state index is -2.34. The van der Waals surface area contributed by atoms with Crippen LogP contribution in [0.2, 0.25) is 17.7 Å². The van der Waals surface area contributed by atoms with Crippen LogP contribution in [0, 0.1) is 0 Å². The molecule has 0 aromatic rings. The van der Waals surface area contributed by atoms with Gasteiger partial charge < -0.3 is 0 Å². The topological polar surface area (TPSA) is 46.6 Å². The Morgan fingerprint density at radius 1 is 0.707 bits per heavy atom. The third kappa shape index (κ3) is 21.8. The van der Waals surface area contributed by atoms with Gasteiger partial charge in [0.25, 0.3) is 0 Å². The average Bonchev–Trinajstić information content (AvgIpc) is 2.93. The predicted octanol–water partition coefficient (Wildman–Crippen LogP) is 12.2. The van der Waals surface area contributed by atoms with Crippen molar-refractivity contribution in [2.45, 2.75) is 200 Å². The summed E-state index contributed by atoms with van der Waals surface area (Å²) in [7, 11) is 0. The summed E-state index contributed by atoms with van der Waals surface area (Å²) in [6.45, 7) is 15.1. The molecular weight excluding hydrogens is 613 g/mol. The third-order valence-electron chi connectivity index (χ3n) is 8.51. The van der Waals surface area contributed by atoms with Crippen LogP contribution < -0.4 is 0 Å². The second kappa shape index (κ2) is 25.9. The monoisotopic (exact) mass is 685 g/mol. The van der Waals surface area contributed by atoms with Gasteiger partial charge in [0.05, 0.1) is 0 Å². The van der Waals surface area contributed by atoms with Gasteiger partial charge in [-0.25, -0.2) is 0 Å². The summed E-state index contributed by atoms with van der Waals surface area (Å²) >= 11 is -2.34. The zero-order chi connectivity index (χ0) is 30.8. The molecule has 0 aromatic heterocycles. The van der Waals surface area contributed by atoms with E-state index >= 15 is 0 Å². The van der Waals surface area contributed by atoms with E-state index in [-0.39, 0.29) is 12.1 Å². The van der Waals surface area contributed by atoms with Crippen molar-refractivity contribution in [2.75, 3.05) is 0 Å². The fourth-order valence-electron chi connectivity index (χ4n) is 5.95. The average molecular weight is 685 g/mol. The van der Waals surface area contributed by atoms with Crippen LogP contribution in [0.25, 0.3) is 0 Å². The first-order chi connectivity index (χ1) is 19.7. The molecule has 0 fully saturated rings. The molecule has 0 heterocycles. The molecule has 5 heteroatoms. The summed E-state index contributed by atoms with van der Waals surface area (Å²) in [5, 5.41) is 0. The summed E-state index contributed by atoms with van der Waals surface area (Å²) in [6.07, 6.45) is 28.2. The number of amides is 1. The van der Waals surface area contributed by atoms with Gasteiger partial charge in [0.15, 0.2) is 0 Å². The van der Waals surface area contributed by atoms with Crippen molar-refractivity contribution < 1.29 is 14.3 Å². The molecule has 0 rings (SSSR count). The van der Waals surface area contributed by atoms with E-state index in [1.54, 1.807) is 0 Å². The van der Waals surface area contributed by atoms with Crippen molar-refractivity contribution in [3.8, 4) is 0 Å². The number of unbranched alkanes of at least 4 members (excludes halogenated alkanes) is 12. The molecular formula is C36H71NO3Sn. The zero-order valence-corrected chi connectivity index (χ0v) is 31.6. The molecule has 0 aliphatic rings. The third-order valence-corrected chi connectivity index (χ3v) is 23.8. The Labute approximate surface area is 261 Å². The predicted molar refractivity (Wildman–Crippen MR) is 182 cm³/mol. The Hall–Kier alpha value is -0.521. The SMILES string of the molecule is CCCCCCCCCCCC[C@H](CCC=O)N(/C=C\[CH2][Sn]([CH2]CCC)([CH2]CCC)[CH2]CCC)C(=O)OC(C)(C)C. The van der Waals surface area contributed by atoms with Crippen molar-refractivity contribution in [1.29, 1.82) is 0 Å². The molecule has 0 saturated heterocycles. The molecule has 0 unspecified atom stereocenters. The van der Waals surface area contributed by atoms with E-state index in [0.29, 0.717) is 12.8 Å². The first-order valence-electron chi connectivity index (χ1n) is 17.8. The number of allylic oxidation sites excluding steroid dienone is 1. The number of hydrogen-bond donors (Lipinski definition) is 0. The molecule has 0 bridgehead atoms. The number of carbonyl (C=O) groups is 2. The number of ether oxygens (including phenoxy) is 1. The summed E-state index contributed by atoms with van der Waals surface area (Å²) in [5.41, 5.74) is -0.540. The normalized spacial score (nSPS) is 13.0. The van der Waals surface area contributed by atoms with Gasteiger partial charge in [-0.2, -0.15) is 0 Å². The van der Waals surface area contributed by atoms with Gasteiger partial charge in [-0.3, -0.25) is 0 Å². The van der Waals surface area contributed by atoms with Gasteiger partial charge in [0.1, 0.15) is 0 Å². The second-order valence-electron chi connectivity index (χ2n) is 13.7. The summed E-state index contributed by atoms with van der Waals surface area (Å²) in [5.74, 6) is 0. The molecule has 0 aliphatic heterocycles. The van der Waals surface area contributed by atoms with Crippen LogP contribution in [-0.4, -0.2) is 47.3 Å². The molecule has 0 saturated carbocycles. The maximum atomic E-state index is 13.5. The van der Waals surface area contributed by atoms with E-state index in [1.165, 1.54) is 114 Å². The van der Waals surface area contributed by atoms with Crippen LogP contribution in [0.4, 0.5) is 4.79 Å². The molecule has 0 aliphatic carbocycles. The first-order valence-corrected chi connectivity index (χ1v) is 25.9. The van der Waals surface area contributed by atoms with Crippen molar-refractivity contribution >= 4 is 30.8 Å². The number of rotatable bonds is 27. The summed E-state index contributed by atoms with van der Waals surface area (Å²) < 4.78 is 11.5. The molecule has 41 heavy (non-hydrogen) atoms. The fraction of sp³-hybridized carbons (Fsp3) is 0.889. The summed E-state index contributed by atoms with van der Waals surface area (Å²) in [6, 6.07) is 0.0202. The van der Waals surface area contributed by atoms with Gasteiger partial charge >= 0.3 is 230 Å². The van der Waals surface area contributed by atoms with Crippen LogP contribution in [0.1, 0.15) is 170 Å². The Morgan fingerprint density at radius 2 is 1.17 bits per heavy atom. The molecule has 0 radical (unpaired) electrons. The molecule has 4 nitrogen and oxygen atoms in total. The second-order valence-corrected chi connectivity index (χ2v) is 27.7. The van der Waals surface area contributed by atoms with Crippen LogP contribution in [0.5, 0.6) is 0 Å². The van der Waals surface area contributed by atoms with Gasteiger partial charge in [0.2, 0.25) is 0 Å². The van der Waals surface area contributed by atoms with E-state index in [0.717, 1.165) is 19.1 Å². The molecule has 1 atom stereocenters. The number of nitrogens with zero attached hydrogens (tertiary/aromatic N) is 1. The molecule has 1 amide bonds. The van der Waals surface area contributed by atoms with E-state index in [9.17, 15) is 9.59 Å². The van der Waals surface area contributed by atoms with Gasteiger partial charge in [-0.05, 0) is 0 Å². The van der Waals surface area contributed by atoms with Gasteiger partial charge in [-0.15, -0.1) is 0 Å². The van der Waals surface area contributed by atoms with Gasteiger partial charge in [-0.1, -0.05) is 32.6 Å². The Balaban J connectivity index is 5.54. The first kappa shape index (κ1) is 40.5. The fourth-order valence-corrected chi connectivity index (χ4v) is 21.0. The Morgan fingerprint density at radius 3 is 1.61 bits per heavy atom. The quantitative estimate of drug-likeness (QED) is 0.0492. The van der Waals surface area contributed by atoms with Crippen molar-refractivity contribution in [3.05, 3.63) is 12.3 Å². The molecule has 242 valence electrons. The zero-order valence-electron chi connectivity index (χ0n) is 28.7. The van der Waals surface area contributed by atoms with Crippen molar-refractivity contribution in [2.24, 2.45) is 0 Å².